The first-order valence-electron chi connectivity index (χ1n) is 7.16. The fraction of sp³-hybridized carbons (Fsp3) is 0.400. The number of hydrogen-bond donors (Lipinski definition) is 1. The molecule has 0 atom stereocenters. The summed E-state index contributed by atoms with van der Waals surface area (Å²) in [6.45, 7) is 5.53. The average Bonchev–Trinajstić information content (AvgIpc) is 3.04. The van der Waals surface area contributed by atoms with Gasteiger partial charge in [0.2, 0.25) is 5.82 Å². The molecule has 0 fully saturated rings. The molecule has 0 bridgehead atoms. The highest BCUT2D eigenvalue weighted by Gasteiger charge is 2.16. The molecule has 1 aliphatic rings. The number of nitrogens with one attached hydrogen (secondary N) is 1. The van der Waals surface area contributed by atoms with Crippen LogP contribution in [0.2, 0.25) is 0 Å². The predicted molar refractivity (Wildman–Crippen MR) is 79.9 cm³/mol. The Kier molecular flexibility index (Phi) is 4.25. The van der Waals surface area contributed by atoms with Crippen molar-refractivity contribution in [2.75, 3.05) is 26.2 Å². The highest BCUT2D eigenvalue weighted by atomic mass is 16.5. The first-order chi connectivity index (χ1) is 10.3. The standard InChI is InChI=1S/C15H19N5O/c1-12-4-6-14(7-5-12)21-10-9-20-8-2-3-13(11-20)15-16-18-19-17-15/h3-7H,2,8-11H2,1H3,(H,16,17,18,19). The van der Waals surface area contributed by atoms with E-state index in [-0.39, 0.29) is 0 Å². The Hall–Kier alpha value is -2.21. The number of nitrogens with zero attached hydrogens (tertiary/aromatic N) is 4. The van der Waals surface area contributed by atoms with Gasteiger partial charge in [-0.05, 0) is 30.7 Å². The number of aryl methyl sites for hydroxylation is 1. The molecule has 21 heavy (non-hydrogen) atoms. The second kappa shape index (κ2) is 6.49. The SMILES string of the molecule is Cc1ccc(OCCN2CCC=C(c3nn[nH]n3)C2)cc1. The Morgan fingerprint density at radius 3 is 2.90 bits per heavy atom. The van der Waals surface area contributed by atoms with Crippen LogP contribution in [0.5, 0.6) is 5.75 Å². The van der Waals surface area contributed by atoms with E-state index in [1.807, 2.05) is 12.1 Å². The highest BCUT2D eigenvalue weighted by molar-refractivity contribution is 5.61. The molecule has 0 unspecified atom stereocenters. The van der Waals surface area contributed by atoms with Crippen molar-refractivity contribution in [3.63, 3.8) is 0 Å². The van der Waals surface area contributed by atoms with Crippen molar-refractivity contribution in [3.05, 3.63) is 41.7 Å². The fourth-order valence-corrected chi connectivity index (χ4v) is 2.38. The van der Waals surface area contributed by atoms with Gasteiger partial charge >= 0.3 is 0 Å². The smallest absolute Gasteiger partial charge is 0.201 e. The van der Waals surface area contributed by atoms with Crippen LogP contribution in [0.3, 0.4) is 0 Å². The maximum absolute atomic E-state index is 5.78. The van der Waals surface area contributed by atoms with E-state index in [1.165, 1.54) is 5.56 Å². The Morgan fingerprint density at radius 2 is 2.14 bits per heavy atom. The summed E-state index contributed by atoms with van der Waals surface area (Å²) in [5.41, 5.74) is 2.37. The van der Waals surface area contributed by atoms with Crippen LogP contribution in [-0.2, 0) is 0 Å². The summed E-state index contributed by atoms with van der Waals surface area (Å²) in [4.78, 5) is 2.35. The molecule has 0 radical (unpaired) electrons. The molecule has 1 aromatic carbocycles. The molecule has 0 saturated heterocycles. The number of aromatic nitrogens is 4. The van der Waals surface area contributed by atoms with Crippen molar-refractivity contribution in [2.45, 2.75) is 13.3 Å². The molecule has 0 amide bonds. The van der Waals surface area contributed by atoms with E-state index in [4.69, 9.17) is 4.74 Å². The molecular weight excluding hydrogens is 266 g/mol. The second-order valence-electron chi connectivity index (χ2n) is 5.19. The van der Waals surface area contributed by atoms with Gasteiger partial charge in [-0.1, -0.05) is 23.8 Å². The van der Waals surface area contributed by atoms with Gasteiger partial charge in [0.05, 0.1) is 0 Å². The topological polar surface area (TPSA) is 66.9 Å². The summed E-state index contributed by atoms with van der Waals surface area (Å²) in [6.07, 6.45) is 3.19. The maximum Gasteiger partial charge on any atom is 0.201 e. The first-order valence-corrected chi connectivity index (χ1v) is 7.16. The van der Waals surface area contributed by atoms with Crippen LogP contribution in [0, 0.1) is 6.92 Å². The molecule has 0 saturated carbocycles. The van der Waals surface area contributed by atoms with Gasteiger partial charge in [-0.2, -0.15) is 5.21 Å². The van der Waals surface area contributed by atoms with Crippen molar-refractivity contribution in [3.8, 4) is 5.75 Å². The fourth-order valence-electron chi connectivity index (χ4n) is 2.38. The molecule has 1 aliphatic heterocycles. The van der Waals surface area contributed by atoms with E-state index < -0.39 is 0 Å². The number of H-pyrrole nitrogens is 1. The van der Waals surface area contributed by atoms with Crippen molar-refractivity contribution in [1.29, 1.82) is 0 Å². The molecule has 110 valence electrons. The predicted octanol–water partition coefficient (Wildman–Crippen LogP) is 1.68. The minimum absolute atomic E-state index is 0.683. The highest BCUT2D eigenvalue weighted by Crippen LogP contribution is 2.17. The first kappa shape index (κ1) is 13.8. The number of ether oxygens (including phenoxy) is 1. The zero-order valence-corrected chi connectivity index (χ0v) is 12.1. The molecule has 0 spiro atoms. The minimum atomic E-state index is 0.683. The lowest BCUT2D eigenvalue weighted by Crippen LogP contribution is -2.33. The Labute approximate surface area is 123 Å². The van der Waals surface area contributed by atoms with Crippen molar-refractivity contribution in [2.24, 2.45) is 0 Å². The summed E-state index contributed by atoms with van der Waals surface area (Å²) >= 11 is 0. The van der Waals surface area contributed by atoms with Gasteiger partial charge in [0.15, 0.2) is 0 Å². The molecule has 6 heteroatoms. The van der Waals surface area contributed by atoms with Crippen LogP contribution in [0.25, 0.3) is 5.57 Å². The van der Waals surface area contributed by atoms with E-state index in [2.05, 4.69) is 50.7 Å². The molecule has 1 aromatic heterocycles. The normalized spacial score (nSPS) is 15.8. The van der Waals surface area contributed by atoms with Crippen LogP contribution in [0.1, 0.15) is 17.8 Å². The lowest BCUT2D eigenvalue weighted by atomic mass is 10.1. The molecule has 2 heterocycles. The molecule has 0 aliphatic carbocycles. The van der Waals surface area contributed by atoms with Crippen LogP contribution >= 0.6 is 0 Å². The Morgan fingerprint density at radius 1 is 1.29 bits per heavy atom. The van der Waals surface area contributed by atoms with E-state index in [1.54, 1.807) is 0 Å². The van der Waals surface area contributed by atoms with Gasteiger partial charge in [-0.25, -0.2) is 0 Å². The van der Waals surface area contributed by atoms with Gasteiger partial charge in [0.25, 0.3) is 0 Å². The maximum atomic E-state index is 5.78. The van der Waals surface area contributed by atoms with E-state index in [0.29, 0.717) is 12.4 Å². The zero-order valence-electron chi connectivity index (χ0n) is 12.1. The molecule has 2 aromatic rings. The lowest BCUT2D eigenvalue weighted by molar-refractivity contribution is 0.223. The lowest BCUT2D eigenvalue weighted by Gasteiger charge is -2.25. The summed E-state index contributed by atoms with van der Waals surface area (Å²) in [7, 11) is 0. The summed E-state index contributed by atoms with van der Waals surface area (Å²) in [6, 6.07) is 8.15. The Bertz CT molecular complexity index is 591. The molecule has 3 rings (SSSR count). The third-order valence-electron chi connectivity index (χ3n) is 3.56. The minimum Gasteiger partial charge on any atom is -0.492 e. The van der Waals surface area contributed by atoms with E-state index in [0.717, 1.165) is 37.4 Å². The summed E-state index contributed by atoms with van der Waals surface area (Å²) in [5.74, 6) is 1.62. The van der Waals surface area contributed by atoms with Gasteiger partial charge in [0.1, 0.15) is 12.4 Å². The number of rotatable bonds is 5. The number of aromatic amines is 1. The number of hydrogen-bond acceptors (Lipinski definition) is 5. The molecule has 6 nitrogen and oxygen atoms in total. The van der Waals surface area contributed by atoms with Gasteiger partial charge in [-0.15, -0.1) is 10.2 Å². The molecular formula is C15H19N5O. The van der Waals surface area contributed by atoms with Crippen LogP contribution in [0.15, 0.2) is 30.3 Å². The van der Waals surface area contributed by atoms with E-state index >= 15 is 0 Å². The van der Waals surface area contributed by atoms with Crippen LogP contribution < -0.4 is 4.74 Å². The van der Waals surface area contributed by atoms with Crippen LogP contribution in [-0.4, -0.2) is 51.8 Å². The number of benzene rings is 1. The summed E-state index contributed by atoms with van der Waals surface area (Å²) in [5, 5.41) is 14.2. The Balaban J connectivity index is 1.48. The monoisotopic (exact) mass is 285 g/mol. The quantitative estimate of drug-likeness (QED) is 0.905. The van der Waals surface area contributed by atoms with Gasteiger partial charge in [-0.3, -0.25) is 4.90 Å². The molecule has 1 N–H and O–H groups in total. The summed E-state index contributed by atoms with van der Waals surface area (Å²) < 4.78 is 5.78. The van der Waals surface area contributed by atoms with Crippen molar-refractivity contribution in [1.82, 2.24) is 25.5 Å². The number of tetrazole rings is 1. The third kappa shape index (κ3) is 3.66. The average molecular weight is 285 g/mol. The van der Waals surface area contributed by atoms with E-state index in [9.17, 15) is 0 Å². The van der Waals surface area contributed by atoms with Gasteiger partial charge < -0.3 is 4.74 Å². The zero-order chi connectivity index (χ0) is 14.5. The second-order valence-corrected chi connectivity index (χ2v) is 5.19. The third-order valence-corrected chi connectivity index (χ3v) is 3.56. The largest absolute Gasteiger partial charge is 0.492 e. The van der Waals surface area contributed by atoms with Gasteiger partial charge in [0, 0.05) is 25.2 Å². The van der Waals surface area contributed by atoms with Crippen molar-refractivity contribution >= 4 is 5.57 Å². The van der Waals surface area contributed by atoms with Crippen LogP contribution in [0.4, 0.5) is 0 Å². The van der Waals surface area contributed by atoms with Crippen molar-refractivity contribution < 1.29 is 4.74 Å².